The van der Waals surface area contributed by atoms with E-state index in [1.165, 1.54) is 0 Å². The average molecular weight is 367 g/mol. The van der Waals surface area contributed by atoms with Gasteiger partial charge in [0.2, 0.25) is 5.88 Å². The average Bonchev–Trinajstić information content (AvgIpc) is 3.36. The van der Waals surface area contributed by atoms with Gasteiger partial charge < -0.3 is 20.7 Å². The lowest BCUT2D eigenvalue weighted by molar-refractivity contribution is 0.0952. The lowest BCUT2D eigenvalue weighted by Gasteiger charge is -2.12. The van der Waals surface area contributed by atoms with Gasteiger partial charge in [0.1, 0.15) is 22.9 Å². The Hall–Kier alpha value is -3.36. The minimum absolute atomic E-state index is 0.158. The molecule has 0 aliphatic heterocycles. The number of nitrogens with zero attached hydrogens (tertiary/aromatic N) is 4. The summed E-state index contributed by atoms with van der Waals surface area (Å²) in [6.07, 6.45) is 5.32. The van der Waals surface area contributed by atoms with Crippen molar-refractivity contribution in [3.05, 3.63) is 35.7 Å². The molecule has 0 unspecified atom stereocenters. The molecule has 1 saturated carbocycles. The zero-order chi connectivity index (χ0) is 19.0. The molecule has 1 aliphatic rings. The van der Waals surface area contributed by atoms with Gasteiger partial charge in [-0.25, -0.2) is 9.97 Å². The van der Waals surface area contributed by atoms with Crippen molar-refractivity contribution in [2.45, 2.75) is 25.8 Å². The second-order valence-corrected chi connectivity index (χ2v) is 6.51. The number of hydrogen-bond acceptors (Lipinski definition) is 7. The van der Waals surface area contributed by atoms with E-state index in [1.807, 2.05) is 19.1 Å². The summed E-state index contributed by atoms with van der Waals surface area (Å²) >= 11 is 0. The van der Waals surface area contributed by atoms with E-state index in [9.17, 15) is 4.79 Å². The molecule has 3 N–H and O–H groups in total. The number of aryl methyl sites for hydroxylation is 1. The number of methoxy groups -OCH3 is 1. The molecule has 0 radical (unpaired) electrons. The first-order valence-corrected chi connectivity index (χ1v) is 8.74. The minimum Gasteiger partial charge on any atom is -0.480 e. The number of anilines is 3. The Morgan fingerprint density at radius 3 is 2.81 bits per heavy atom. The fraction of sp³-hybridized carbons (Fsp3) is 0.333. The third kappa shape index (κ3) is 3.35. The van der Waals surface area contributed by atoms with Crippen LogP contribution in [0.3, 0.4) is 0 Å². The SMILES string of the molecule is CNc1cc(Nc2cc(C)cnc2OC)nc2c(C(=O)NC3CC3)cnn12. The smallest absolute Gasteiger partial charge is 0.256 e. The summed E-state index contributed by atoms with van der Waals surface area (Å²) in [6.45, 7) is 1.95. The molecule has 3 aromatic heterocycles. The van der Waals surface area contributed by atoms with Crippen molar-refractivity contribution in [3.8, 4) is 5.88 Å². The Morgan fingerprint density at radius 1 is 1.30 bits per heavy atom. The van der Waals surface area contributed by atoms with E-state index in [4.69, 9.17) is 4.74 Å². The van der Waals surface area contributed by atoms with Crippen molar-refractivity contribution in [3.63, 3.8) is 0 Å². The Balaban J connectivity index is 1.74. The number of nitrogens with one attached hydrogen (secondary N) is 3. The third-order valence-corrected chi connectivity index (χ3v) is 4.33. The number of carbonyl (C=O) groups is 1. The summed E-state index contributed by atoms with van der Waals surface area (Å²) in [4.78, 5) is 21.4. The van der Waals surface area contributed by atoms with Gasteiger partial charge in [-0.1, -0.05) is 0 Å². The standard InChI is InChI=1S/C18H21N7O2/c1-10-6-13(18(27-3)20-8-10)23-14-7-15(19-2)25-16(24-14)12(9-21-25)17(26)22-11-4-5-11/h6-9,11,19H,4-5H2,1-3H3,(H,22,26)(H,23,24). The first kappa shape index (κ1) is 17.1. The molecule has 0 saturated heterocycles. The molecule has 0 atom stereocenters. The topological polar surface area (TPSA) is 105 Å². The highest BCUT2D eigenvalue weighted by Crippen LogP contribution is 2.28. The van der Waals surface area contributed by atoms with Gasteiger partial charge in [-0.3, -0.25) is 4.79 Å². The number of carbonyl (C=O) groups excluding carboxylic acids is 1. The van der Waals surface area contributed by atoms with Crippen molar-refractivity contribution in [1.29, 1.82) is 0 Å². The molecule has 0 bridgehead atoms. The molecule has 1 amide bonds. The Kier molecular flexibility index (Phi) is 4.27. The van der Waals surface area contributed by atoms with Crippen LogP contribution in [0.2, 0.25) is 0 Å². The van der Waals surface area contributed by atoms with Gasteiger partial charge >= 0.3 is 0 Å². The van der Waals surface area contributed by atoms with Crippen molar-refractivity contribution in [1.82, 2.24) is 24.9 Å². The predicted octanol–water partition coefficient (Wildman–Crippen LogP) is 2.12. The number of pyridine rings is 1. The van der Waals surface area contributed by atoms with E-state index in [2.05, 4.69) is 31.0 Å². The normalized spacial score (nSPS) is 13.4. The molecule has 140 valence electrons. The van der Waals surface area contributed by atoms with Gasteiger partial charge in [0.05, 0.1) is 13.3 Å². The van der Waals surface area contributed by atoms with Gasteiger partial charge in [-0.2, -0.15) is 9.61 Å². The quantitative estimate of drug-likeness (QED) is 0.613. The van der Waals surface area contributed by atoms with Crippen LogP contribution in [0, 0.1) is 6.92 Å². The van der Waals surface area contributed by atoms with Crippen LogP contribution in [0.15, 0.2) is 24.5 Å². The van der Waals surface area contributed by atoms with Crippen molar-refractivity contribution in [2.75, 3.05) is 24.8 Å². The summed E-state index contributed by atoms with van der Waals surface area (Å²) in [5.74, 6) is 1.56. The molecule has 9 heteroatoms. The van der Waals surface area contributed by atoms with Crippen LogP contribution in [0.25, 0.3) is 5.65 Å². The van der Waals surface area contributed by atoms with Crippen LogP contribution in [0.5, 0.6) is 5.88 Å². The fourth-order valence-electron chi connectivity index (χ4n) is 2.80. The van der Waals surface area contributed by atoms with E-state index in [-0.39, 0.29) is 11.9 Å². The first-order valence-electron chi connectivity index (χ1n) is 8.74. The van der Waals surface area contributed by atoms with Gasteiger partial charge in [0.25, 0.3) is 5.91 Å². The zero-order valence-electron chi connectivity index (χ0n) is 15.4. The zero-order valence-corrected chi connectivity index (χ0v) is 15.4. The summed E-state index contributed by atoms with van der Waals surface area (Å²) in [5, 5.41) is 13.6. The largest absolute Gasteiger partial charge is 0.480 e. The highest BCUT2D eigenvalue weighted by Gasteiger charge is 2.26. The molecule has 9 nitrogen and oxygen atoms in total. The second kappa shape index (κ2) is 6.75. The highest BCUT2D eigenvalue weighted by molar-refractivity contribution is 6.00. The number of fused-ring (bicyclic) bond motifs is 1. The molecule has 3 aromatic rings. The minimum atomic E-state index is -0.158. The van der Waals surface area contributed by atoms with Crippen LogP contribution in [0.1, 0.15) is 28.8 Å². The highest BCUT2D eigenvalue weighted by atomic mass is 16.5. The maximum absolute atomic E-state index is 12.5. The van der Waals surface area contributed by atoms with E-state index >= 15 is 0 Å². The number of ether oxygens (including phenoxy) is 1. The summed E-state index contributed by atoms with van der Waals surface area (Å²) in [7, 11) is 3.36. The summed E-state index contributed by atoms with van der Waals surface area (Å²) < 4.78 is 6.93. The summed E-state index contributed by atoms with van der Waals surface area (Å²) in [6, 6.07) is 4.00. The van der Waals surface area contributed by atoms with Gasteiger partial charge in [-0.05, 0) is 31.4 Å². The van der Waals surface area contributed by atoms with Gasteiger partial charge in [-0.15, -0.1) is 0 Å². The molecular formula is C18H21N7O2. The Morgan fingerprint density at radius 2 is 2.11 bits per heavy atom. The van der Waals surface area contributed by atoms with E-state index < -0.39 is 0 Å². The van der Waals surface area contributed by atoms with E-state index in [0.29, 0.717) is 34.4 Å². The van der Waals surface area contributed by atoms with Gasteiger partial charge in [0.15, 0.2) is 5.65 Å². The van der Waals surface area contributed by atoms with Gasteiger partial charge in [0, 0.05) is 25.4 Å². The molecular weight excluding hydrogens is 346 g/mol. The molecule has 4 rings (SSSR count). The molecule has 27 heavy (non-hydrogen) atoms. The number of rotatable bonds is 6. The van der Waals surface area contributed by atoms with Crippen LogP contribution < -0.4 is 20.7 Å². The van der Waals surface area contributed by atoms with Crippen molar-refractivity contribution >= 4 is 28.9 Å². The molecule has 3 heterocycles. The number of hydrogen-bond donors (Lipinski definition) is 3. The molecule has 1 fully saturated rings. The lowest BCUT2D eigenvalue weighted by atomic mass is 10.3. The third-order valence-electron chi connectivity index (χ3n) is 4.33. The number of aromatic nitrogens is 4. The van der Waals surface area contributed by atoms with Crippen molar-refractivity contribution in [2.24, 2.45) is 0 Å². The Bertz CT molecular complexity index is 1010. The Labute approximate surface area is 156 Å². The van der Waals surface area contributed by atoms with Crippen LogP contribution in [0.4, 0.5) is 17.3 Å². The first-order chi connectivity index (χ1) is 13.1. The molecule has 1 aliphatic carbocycles. The van der Waals surface area contributed by atoms with E-state index in [0.717, 1.165) is 18.4 Å². The predicted molar refractivity (Wildman–Crippen MR) is 102 cm³/mol. The number of amides is 1. The van der Waals surface area contributed by atoms with E-state index in [1.54, 1.807) is 31.1 Å². The maximum atomic E-state index is 12.5. The van der Waals surface area contributed by atoms with Crippen molar-refractivity contribution < 1.29 is 9.53 Å². The monoisotopic (exact) mass is 367 g/mol. The fourth-order valence-corrected chi connectivity index (χ4v) is 2.80. The maximum Gasteiger partial charge on any atom is 0.256 e. The second-order valence-electron chi connectivity index (χ2n) is 6.51. The van der Waals surface area contributed by atoms with Crippen LogP contribution in [-0.4, -0.2) is 45.7 Å². The van der Waals surface area contributed by atoms with Crippen LogP contribution in [-0.2, 0) is 0 Å². The molecule has 0 spiro atoms. The van der Waals surface area contributed by atoms with Crippen LogP contribution >= 0.6 is 0 Å². The lowest BCUT2D eigenvalue weighted by Crippen LogP contribution is -2.25. The molecule has 0 aromatic carbocycles. The summed E-state index contributed by atoms with van der Waals surface area (Å²) in [5.41, 5.74) is 2.60.